The van der Waals surface area contributed by atoms with Crippen LogP contribution in [0, 0.1) is 0 Å². The normalized spacial score (nSPS) is 11.2. The molecule has 0 unspecified atom stereocenters. The van der Waals surface area contributed by atoms with Gasteiger partial charge in [-0.2, -0.15) is 25.8 Å². The number of thiol groups is 1. The van der Waals surface area contributed by atoms with E-state index < -0.39 is 18.6 Å². The summed E-state index contributed by atoms with van der Waals surface area (Å²) in [5.41, 5.74) is 0. The van der Waals surface area contributed by atoms with Gasteiger partial charge in [0.25, 0.3) is 0 Å². The first-order chi connectivity index (χ1) is 4.45. The first kappa shape index (κ1) is 9.61. The number of halogens is 3. The zero-order valence-corrected chi connectivity index (χ0v) is 5.80. The average molecular weight is 173 g/mol. The van der Waals surface area contributed by atoms with Crippen molar-refractivity contribution in [1.29, 1.82) is 0 Å². The fourth-order valence-corrected chi connectivity index (χ4v) is 0.367. The molecular formula is C4H6F3NOS. The smallest absolute Gasteiger partial charge is 0.346 e. The fourth-order valence-electron chi connectivity index (χ4n) is 0.255. The molecule has 0 radical (unpaired) electrons. The molecule has 60 valence electrons. The van der Waals surface area contributed by atoms with Crippen LogP contribution < -0.4 is 5.32 Å². The van der Waals surface area contributed by atoms with Crippen molar-refractivity contribution in [1.82, 2.24) is 5.32 Å². The highest BCUT2D eigenvalue weighted by Gasteiger charge is 2.27. The summed E-state index contributed by atoms with van der Waals surface area (Å²) >= 11 is 3.47. The standard InChI is InChI=1S/C4H6F3NOS/c5-4(6,7)2-8-3(9)1-10/h10H,1-2H2,(H,8,9). The lowest BCUT2D eigenvalue weighted by atomic mass is 10.6. The minimum atomic E-state index is -4.33. The van der Waals surface area contributed by atoms with E-state index in [1.165, 1.54) is 0 Å². The first-order valence-electron chi connectivity index (χ1n) is 2.40. The minimum Gasteiger partial charge on any atom is -0.346 e. The lowest BCUT2D eigenvalue weighted by Crippen LogP contribution is -2.34. The summed E-state index contributed by atoms with van der Waals surface area (Å²) in [6.45, 7) is -1.29. The van der Waals surface area contributed by atoms with Crippen LogP contribution in [0.3, 0.4) is 0 Å². The summed E-state index contributed by atoms with van der Waals surface area (Å²) in [5, 5.41) is 1.63. The van der Waals surface area contributed by atoms with Crippen molar-refractivity contribution in [3.8, 4) is 0 Å². The second kappa shape index (κ2) is 3.70. The van der Waals surface area contributed by atoms with Crippen LogP contribution >= 0.6 is 12.6 Å². The predicted molar refractivity (Wildman–Crippen MR) is 32.9 cm³/mol. The molecule has 0 aliphatic carbocycles. The molecule has 10 heavy (non-hydrogen) atoms. The van der Waals surface area contributed by atoms with Crippen LogP contribution in [0.1, 0.15) is 0 Å². The van der Waals surface area contributed by atoms with E-state index >= 15 is 0 Å². The number of hydrogen-bond acceptors (Lipinski definition) is 2. The minimum absolute atomic E-state index is 0.226. The number of nitrogens with one attached hydrogen (secondary N) is 1. The molecule has 2 nitrogen and oxygen atoms in total. The Morgan fingerprint density at radius 2 is 2.00 bits per heavy atom. The van der Waals surface area contributed by atoms with Gasteiger partial charge < -0.3 is 5.32 Å². The highest BCUT2D eigenvalue weighted by atomic mass is 32.1. The van der Waals surface area contributed by atoms with E-state index in [0.29, 0.717) is 0 Å². The Morgan fingerprint density at radius 1 is 1.50 bits per heavy atom. The molecule has 0 atom stereocenters. The molecule has 0 rings (SSSR count). The lowest BCUT2D eigenvalue weighted by Gasteiger charge is -2.05. The van der Waals surface area contributed by atoms with Gasteiger partial charge >= 0.3 is 6.18 Å². The van der Waals surface area contributed by atoms with Gasteiger partial charge in [0.05, 0.1) is 5.75 Å². The van der Waals surface area contributed by atoms with Crippen LogP contribution in [-0.4, -0.2) is 24.4 Å². The molecule has 0 aromatic rings. The van der Waals surface area contributed by atoms with E-state index in [1.807, 2.05) is 0 Å². The Labute approximate surface area is 61.2 Å². The molecule has 0 aliphatic rings. The maximum atomic E-state index is 11.3. The van der Waals surface area contributed by atoms with Crippen LogP contribution in [0.4, 0.5) is 13.2 Å². The quantitative estimate of drug-likeness (QED) is 0.588. The zero-order valence-electron chi connectivity index (χ0n) is 4.90. The molecule has 0 saturated heterocycles. The van der Waals surface area contributed by atoms with Crippen molar-refractivity contribution in [3.63, 3.8) is 0 Å². The van der Waals surface area contributed by atoms with E-state index in [1.54, 1.807) is 5.32 Å². The largest absolute Gasteiger partial charge is 0.405 e. The maximum absolute atomic E-state index is 11.3. The van der Waals surface area contributed by atoms with E-state index in [0.717, 1.165) is 0 Å². The Kier molecular flexibility index (Phi) is 3.55. The summed E-state index contributed by atoms with van der Waals surface area (Å²) in [6, 6.07) is 0. The second-order valence-electron chi connectivity index (χ2n) is 1.55. The summed E-state index contributed by atoms with van der Waals surface area (Å²) in [5.74, 6) is -0.948. The second-order valence-corrected chi connectivity index (χ2v) is 1.87. The van der Waals surface area contributed by atoms with E-state index in [4.69, 9.17) is 0 Å². The Morgan fingerprint density at radius 3 is 2.30 bits per heavy atom. The highest BCUT2D eigenvalue weighted by Crippen LogP contribution is 2.11. The topological polar surface area (TPSA) is 29.1 Å². The number of rotatable bonds is 2. The number of amides is 1. The third-order valence-corrected chi connectivity index (χ3v) is 0.917. The SMILES string of the molecule is O=C(CS)NCC(F)(F)F. The van der Waals surface area contributed by atoms with Crippen molar-refractivity contribution < 1.29 is 18.0 Å². The molecule has 0 spiro atoms. The predicted octanol–water partition coefficient (Wildman–Crippen LogP) is 0.595. The third kappa shape index (κ3) is 5.74. The van der Waals surface area contributed by atoms with Crippen molar-refractivity contribution in [3.05, 3.63) is 0 Å². The van der Waals surface area contributed by atoms with Crippen molar-refractivity contribution in [2.45, 2.75) is 6.18 Å². The van der Waals surface area contributed by atoms with E-state index in [2.05, 4.69) is 12.6 Å². The molecule has 6 heteroatoms. The van der Waals surface area contributed by atoms with Crippen molar-refractivity contribution in [2.75, 3.05) is 12.3 Å². The molecule has 0 fully saturated rings. The fraction of sp³-hybridized carbons (Fsp3) is 0.750. The van der Waals surface area contributed by atoms with Crippen molar-refractivity contribution in [2.24, 2.45) is 0 Å². The molecule has 0 aromatic carbocycles. The molecular weight excluding hydrogens is 167 g/mol. The molecule has 0 saturated carbocycles. The van der Waals surface area contributed by atoms with Gasteiger partial charge in [0.15, 0.2) is 0 Å². The van der Waals surface area contributed by atoms with Crippen LogP contribution in [-0.2, 0) is 4.79 Å². The van der Waals surface area contributed by atoms with Crippen LogP contribution in [0.2, 0.25) is 0 Å². The van der Waals surface area contributed by atoms with Gasteiger partial charge in [-0.1, -0.05) is 0 Å². The first-order valence-corrected chi connectivity index (χ1v) is 3.03. The van der Waals surface area contributed by atoms with Gasteiger partial charge in [0.1, 0.15) is 6.54 Å². The zero-order chi connectivity index (χ0) is 8.20. The monoisotopic (exact) mass is 173 g/mol. The molecule has 0 aliphatic heterocycles. The third-order valence-electron chi connectivity index (χ3n) is 0.630. The Hall–Kier alpha value is -0.390. The van der Waals surface area contributed by atoms with Gasteiger partial charge in [-0.3, -0.25) is 4.79 Å². The van der Waals surface area contributed by atoms with E-state index in [9.17, 15) is 18.0 Å². The summed E-state index contributed by atoms with van der Waals surface area (Å²) in [7, 11) is 0. The lowest BCUT2D eigenvalue weighted by molar-refractivity contribution is -0.136. The molecule has 1 amide bonds. The van der Waals surface area contributed by atoms with Crippen LogP contribution in [0.15, 0.2) is 0 Å². The Balaban J connectivity index is 3.46. The summed E-state index contributed by atoms with van der Waals surface area (Å²) < 4.78 is 33.9. The van der Waals surface area contributed by atoms with Crippen LogP contribution in [0.25, 0.3) is 0 Å². The summed E-state index contributed by atoms with van der Waals surface area (Å²) in [6.07, 6.45) is -4.33. The number of alkyl halides is 3. The number of carbonyl (C=O) groups is 1. The molecule has 0 aromatic heterocycles. The average Bonchev–Trinajstić information content (AvgIpc) is 1.81. The number of carbonyl (C=O) groups excluding carboxylic acids is 1. The van der Waals surface area contributed by atoms with Crippen molar-refractivity contribution >= 4 is 18.5 Å². The molecule has 0 bridgehead atoms. The van der Waals surface area contributed by atoms with Gasteiger partial charge in [0, 0.05) is 0 Å². The number of hydrogen-bond donors (Lipinski definition) is 2. The molecule has 0 heterocycles. The van der Waals surface area contributed by atoms with Crippen LogP contribution in [0.5, 0.6) is 0 Å². The molecule has 1 N–H and O–H groups in total. The van der Waals surface area contributed by atoms with Gasteiger partial charge in [-0.15, -0.1) is 0 Å². The maximum Gasteiger partial charge on any atom is 0.405 e. The summed E-state index contributed by atoms with van der Waals surface area (Å²) in [4.78, 5) is 10.2. The van der Waals surface area contributed by atoms with E-state index in [-0.39, 0.29) is 5.75 Å². The van der Waals surface area contributed by atoms with Gasteiger partial charge in [-0.05, 0) is 0 Å². The highest BCUT2D eigenvalue weighted by molar-refractivity contribution is 7.81. The Bertz CT molecular complexity index is 124. The van der Waals surface area contributed by atoms with Gasteiger partial charge in [0.2, 0.25) is 5.91 Å². The van der Waals surface area contributed by atoms with Gasteiger partial charge in [-0.25, -0.2) is 0 Å².